The molecule has 3 rings (SSSR count). The number of hydrogen-bond acceptors (Lipinski definition) is 2. The standard InChI is InChI=1S/C24H32N2/c1-18(2)14-17-26-16-9-8-15-24(19(3)25)22-12-6-4-10-20(22)21-11-5-7-13-23(21)24/h4-7,10-13,18,26H,3,8-9,14-17,25H2,1-2H3. The van der Waals surface area contributed by atoms with Crippen LogP contribution >= 0.6 is 0 Å². The van der Waals surface area contributed by atoms with E-state index in [0.29, 0.717) is 0 Å². The second-order valence-electron chi connectivity index (χ2n) is 7.91. The third-order valence-corrected chi connectivity index (χ3v) is 5.67. The van der Waals surface area contributed by atoms with Crippen LogP contribution in [0, 0.1) is 5.92 Å². The van der Waals surface area contributed by atoms with Crippen LogP contribution in [0.15, 0.2) is 60.8 Å². The lowest BCUT2D eigenvalue weighted by atomic mass is 9.72. The first kappa shape index (κ1) is 18.7. The smallest absolute Gasteiger partial charge is 0.0602 e. The van der Waals surface area contributed by atoms with E-state index in [9.17, 15) is 0 Å². The van der Waals surface area contributed by atoms with E-state index in [1.165, 1.54) is 28.7 Å². The quantitative estimate of drug-likeness (QED) is 0.609. The third kappa shape index (κ3) is 3.43. The topological polar surface area (TPSA) is 38.0 Å². The monoisotopic (exact) mass is 348 g/mol. The van der Waals surface area contributed by atoms with Crippen molar-refractivity contribution in [1.29, 1.82) is 0 Å². The highest BCUT2D eigenvalue weighted by molar-refractivity contribution is 5.82. The van der Waals surface area contributed by atoms with Gasteiger partial charge in [0.05, 0.1) is 5.41 Å². The van der Waals surface area contributed by atoms with E-state index in [1.807, 2.05) is 0 Å². The molecule has 138 valence electrons. The largest absolute Gasteiger partial charge is 0.402 e. The molecule has 0 aromatic heterocycles. The molecule has 3 N–H and O–H groups in total. The fourth-order valence-electron chi connectivity index (χ4n) is 4.26. The Bertz CT molecular complexity index is 715. The Kier molecular flexibility index (Phi) is 5.83. The van der Waals surface area contributed by atoms with E-state index in [1.54, 1.807) is 0 Å². The van der Waals surface area contributed by atoms with E-state index < -0.39 is 0 Å². The third-order valence-electron chi connectivity index (χ3n) is 5.67. The summed E-state index contributed by atoms with van der Waals surface area (Å²) in [5, 5.41) is 3.57. The van der Waals surface area contributed by atoms with E-state index in [-0.39, 0.29) is 5.41 Å². The van der Waals surface area contributed by atoms with Crippen molar-refractivity contribution < 1.29 is 0 Å². The summed E-state index contributed by atoms with van der Waals surface area (Å²) < 4.78 is 0. The van der Waals surface area contributed by atoms with E-state index in [0.717, 1.165) is 44.0 Å². The minimum atomic E-state index is -0.245. The fourth-order valence-corrected chi connectivity index (χ4v) is 4.26. The number of allylic oxidation sites excluding steroid dienone is 1. The van der Waals surface area contributed by atoms with Gasteiger partial charge in [0.25, 0.3) is 0 Å². The van der Waals surface area contributed by atoms with Crippen LogP contribution < -0.4 is 11.1 Å². The van der Waals surface area contributed by atoms with Gasteiger partial charge in [-0.3, -0.25) is 0 Å². The Morgan fingerprint density at radius 2 is 1.54 bits per heavy atom. The average molecular weight is 349 g/mol. The van der Waals surface area contributed by atoms with Crippen LogP contribution in [-0.2, 0) is 5.41 Å². The SMILES string of the molecule is C=C(N)C1(CCCCNCCC(C)C)c2ccccc2-c2ccccc21. The van der Waals surface area contributed by atoms with Crippen molar-refractivity contribution >= 4 is 0 Å². The first-order valence-corrected chi connectivity index (χ1v) is 9.92. The zero-order chi connectivity index (χ0) is 18.6. The number of rotatable bonds is 9. The number of benzene rings is 2. The average Bonchev–Trinajstić information content (AvgIpc) is 2.92. The van der Waals surface area contributed by atoms with Gasteiger partial charge in [0.2, 0.25) is 0 Å². The number of nitrogens with two attached hydrogens (primary N) is 1. The summed E-state index contributed by atoms with van der Waals surface area (Å²) in [5.74, 6) is 0.762. The van der Waals surface area contributed by atoms with Crippen molar-refractivity contribution in [2.45, 2.75) is 44.9 Å². The molecule has 0 heterocycles. The van der Waals surface area contributed by atoms with Crippen LogP contribution in [0.1, 0.15) is 50.7 Å². The molecule has 0 amide bonds. The van der Waals surface area contributed by atoms with Gasteiger partial charge in [0.15, 0.2) is 0 Å². The van der Waals surface area contributed by atoms with Gasteiger partial charge in [0.1, 0.15) is 0 Å². The lowest BCUT2D eigenvalue weighted by molar-refractivity contribution is 0.488. The Hall–Kier alpha value is -2.06. The summed E-state index contributed by atoms with van der Waals surface area (Å²) in [6.07, 6.45) is 4.55. The second-order valence-corrected chi connectivity index (χ2v) is 7.91. The Labute approximate surface area is 158 Å². The van der Waals surface area contributed by atoms with Crippen LogP contribution in [0.5, 0.6) is 0 Å². The Balaban J connectivity index is 1.75. The van der Waals surface area contributed by atoms with E-state index in [4.69, 9.17) is 5.73 Å². The summed E-state index contributed by atoms with van der Waals surface area (Å²) in [6, 6.07) is 17.4. The summed E-state index contributed by atoms with van der Waals surface area (Å²) in [6.45, 7) is 10.9. The fraction of sp³-hybridized carbons (Fsp3) is 0.417. The van der Waals surface area contributed by atoms with Gasteiger partial charge in [-0.25, -0.2) is 0 Å². The van der Waals surface area contributed by atoms with Gasteiger partial charge in [-0.05, 0) is 60.5 Å². The molecule has 0 bridgehead atoms. The molecule has 2 heteroatoms. The predicted molar refractivity (Wildman–Crippen MR) is 112 cm³/mol. The van der Waals surface area contributed by atoms with Gasteiger partial charge in [-0.15, -0.1) is 0 Å². The second kappa shape index (κ2) is 8.09. The molecule has 0 spiro atoms. The molecular weight excluding hydrogens is 316 g/mol. The maximum absolute atomic E-state index is 6.45. The normalized spacial score (nSPS) is 14.3. The molecule has 0 unspecified atom stereocenters. The van der Waals surface area contributed by atoms with Crippen molar-refractivity contribution in [2.24, 2.45) is 11.7 Å². The maximum atomic E-state index is 6.45. The Morgan fingerprint density at radius 1 is 0.962 bits per heavy atom. The molecule has 0 fully saturated rings. The highest BCUT2D eigenvalue weighted by atomic mass is 14.8. The summed E-state index contributed by atoms with van der Waals surface area (Å²) in [4.78, 5) is 0. The molecule has 1 aliphatic rings. The zero-order valence-electron chi connectivity index (χ0n) is 16.2. The van der Waals surface area contributed by atoms with Gasteiger partial charge < -0.3 is 11.1 Å². The van der Waals surface area contributed by atoms with Crippen LogP contribution in [0.3, 0.4) is 0 Å². The van der Waals surface area contributed by atoms with Gasteiger partial charge >= 0.3 is 0 Å². The number of nitrogens with one attached hydrogen (secondary N) is 1. The summed E-state index contributed by atoms with van der Waals surface area (Å²) >= 11 is 0. The molecule has 26 heavy (non-hydrogen) atoms. The highest BCUT2D eigenvalue weighted by Gasteiger charge is 2.43. The minimum absolute atomic E-state index is 0.245. The van der Waals surface area contributed by atoms with Crippen molar-refractivity contribution in [3.8, 4) is 11.1 Å². The molecule has 0 saturated heterocycles. The molecule has 2 aromatic carbocycles. The highest BCUT2D eigenvalue weighted by Crippen LogP contribution is 2.53. The maximum Gasteiger partial charge on any atom is 0.0602 e. The van der Waals surface area contributed by atoms with Crippen molar-refractivity contribution in [2.75, 3.05) is 13.1 Å². The van der Waals surface area contributed by atoms with Crippen molar-refractivity contribution in [3.63, 3.8) is 0 Å². The molecule has 0 atom stereocenters. The van der Waals surface area contributed by atoms with Crippen molar-refractivity contribution in [1.82, 2.24) is 5.32 Å². The van der Waals surface area contributed by atoms with Crippen molar-refractivity contribution in [3.05, 3.63) is 71.9 Å². The molecule has 0 saturated carbocycles. The van der Waals surface area contributed by atoms with Crippen LogP contribution in [0.2, 0.25) is 0 Å². The molecular formula is C24H32N2. The van der Waals surface area contributed by atoms with E-state index >= 15 is 0 Å². The van der Waals surface area contributed by atoms with E-state index in [2.05, 4.69) is 74.3 Å². The van der Waals surface area contributed by atoms with Crippen LogP contribution in [0.4, 0.5) is 0 Å². The van der Waals surface area contributed by atoms with Gasteiger partial charge in [-0.2, -0.15) is 0 Å². The summed E-state index contributed by atoms with van der Waals surface area (Å²) in [7, 11) is 0. The summed E-state index contributed by atoms with van der Waals surface area (Å²) in [5.41, 5.74) is 12.2. The molecule has 0 aliphatic heterocycles. The molecule has 2 aromatic rings. The van der Waals surface area contributed by atoms with Crippen LogP contribution in [-0.4, -0.2) is 13.1 Å². The predicted octanol–water partition coefficient (Wildman–Crippen LogP) is 5.23. The lowest BCUT2D eigenvalue weighted by Gasteiger charge is -2.32. The van der Waals surface area contributed by atoms with Gasteiger partial charge in [-0.1, -0.05) is 75.4 Å². The number of unbranched alkanes of at least 4 members (excludes halogenated alkanes) is 1. The number of fused-ring (bicyclic) bond motifs is 3. The molecule has 2 nitrogen and oxygen atoms in total. The van der Waals surface area contributed by atoms with Crippen LogP contribution in [0.25, 0.3) is 11.1 Å². The number of hydrogen-bond donors (Lipinski definition) is 2. The lowest BCUT2D eigenvalue weighted by Crippen LogP contribution is -2.32. The zero-order valence-corrected chi connectivity index (χ0v) is 16.2. The Morgan fingerprint density at radius 3 is 2.08 bits per heavy atom. The first-order valence-electron chi connectivity index (χ1n) is 9.92. The molecule has 1 aliphatic carbocycles. The minimum Gasteiger partial charge on any atom is -0.402 e. The first-order chi connectivity index (χ1) is 12.6. The van der Waals surface area contributed by atoms with Gasteiger partial charge in [0, 0.05) is 5.70 Å². The molecule has 0 radical (unpaired) electrons.